The van der Waals surface area contributed by atoms with Crippen LogP contribution in [0.4, 0.5) is 0 Å². The van der Waals surface area contributed by atoms with Gasteiger partial charge in [0.05, 0.1) is 0 Å². The van der Waals surface area contributed by atoms with Gasteiger partial charge in [0, 0.05) is 17.6 Å². The summed E-state index contributed by atoms with van der Waals surface area (Å²) in [5.41, 5.74) is 0.755. The molecule has 5 heteroatoms. The lowest BCUT2D eigenvalue weighted by atomic mass is 9.79. The summed E-state index contributed by atoms with van der Waals surface area (Å²) < 4.78 is 5.71. The summed E-state index contributed by atoms with van der Waals surface area (Å²) in [6.07, 6.45) is 2.31. The van der Waals surface area contributed by atoms with Crippen LogP contribution in [0.2, 0.25) is 0 Å². The van der Waals surface area contributed by atoms with E-state index in [0.29, 0.717) is 23.5 Å². The molecule has 5 rings (SSSR count). The maximum absolute atomic E-state index is 12.6. The summed E-state index contributed by atoms with van der Waals surface area (Å²) in [6, 6.07) is 10.9. The number of furan rings is 1. The number of hydrogen-bond donors (Lipinski definition) is 2. The second-order valence-corrected chi connectivity index (χ2v) is 6.83. The molecule has 126 valence electrons. The molecule has 5 nitrogen and oxygen atoms in total. The van der Waals surface area contributed by atoms with Gasteiger partial charge in [0.1, 0.15) is 11.5 Å². The fourth-order valence-electron chi connectivity index (χ4n) is 4.04. The van der Waals surface area contributed by atoms with Gasteiger partial charge in [-0.15, -0.1) is 0 Å². The quantitative estimate of drug-likeness (QED) is 0.910. The van der Waals surface area contributed by atoms with Gasteiger partial charge in [0.2, 0.25) is 0 Å². The average Bonchev–Trinajstić information content (AvgIpc) is 3.09. The molecule has 1 aromatic carbocycles. The van der Waals surface area contributed by atoms with Gasteiger partial charge < -0.3 is 14.8 Å². The Morgan fingerprint density at radius 2 is 2.04 bits per heavy atom. The van der Waals surface area contributed by atoms with Crippen LogP contribution in [0.1, 0.15) is 30.3 Å². The van der Waals surface area contributed by atoms with E-state index in [1.54, 1.807) is 30.3 Å². The van der Waals surface area contributed by atoms with Crippen molar-refractivity contribution in [1.29, 1.82) is 0 Å². The number of rotatable bonds is 3. The second-order valence-electron chi connectivity index (χ2n) is 6.83. The van der Waals surface area contributed by atoms with Gasteiger partial charge in [0.25, 0.3) is 5.91 Å². The van der Waals surface area contributed by atoms with Crippen LogP contribution < -0.4 is 5.32 Å². The van der Waals surface area contributed by atoms with E-state index in [-0.39, 0.29) is 17.7 Å². The van der Waals surface area contributed by atoms with E-state index in [1.165, 1.54) is 0 Å². The standard InChI is InChI=1S/C19H22N2O3/c1-12-18(13-7-9-21(12)10-8-13)20-19(23)17-6-5-16(24-17)14-3-2-4-15(22)11-14/h2-6,11-13,18,22H,7-10H2,1H3,(H,20,23). The summed E-state index contributed by atoms with van der Waals surface area (Å²) in [7, 11) is 0. The molecule has 0 aliphatic carbocycles. The first-order valence-corrected chi connectivity index (χ1v) is 8.56. The predicted octanol–water partition coefficient (Wildman–Crippen LogP) is 2.86. The van der Waals surface area contributed by atoms with Crippen molar-refractivity contribution in [3.8, 4) is 17.1 Å². The molecule has 24 heavy (non-hydrogen) atoms. The maximum Gasteiger partial charge on any atom is 0.287 e. The Hall–Kier alpha value is -2.27. The van der Waals surface area contributed by atoms with Gasteiger partial charge >= 0.3 is 0 Å². The highest BCUT2D eigenvalue weighted by atomic mass is 16.4. The monoisotopic (exact) mass is 326 g/mol. The van der Waals surface area contributed by atoms with E-state index in [2.05, 4.69) is 17.1 Å². The summed E-state index contributed by atoms with van der Waals surface area (Å²) >= 11 is 0. The molecule has 4 heterocycles. The van der Waals surface area contributed by atoms with Crippen LogP contribution in [0.3, 0.4) is 0 Å². The van der Waals surface area contributed by atoms with E-state index in [4.69, 9.17) is 4.42 Å². The first-order valence-electron chi connectivity index (χ1n) is 8.56. The summed E-state index contributed by atoms with van der Waals surface area (Å²) in [4.78, 5) is 15.0. The van der Waals surface area contributed by atoms with E-state index >= 15 is 0 Å². The third-order valence-corrected chi connectivity index (χ3v) is 5.44. The lowest BCUT2D eigenvalue weighted by Gasteiger charge is -2.49. The molecule has 0 spiro atoms. The topological polar surface area (TPSA) is 65.7 Å². The number of carbonyl (C=O) groups excluding carboxylic acids is 1. The molecule has 1 aromatic heterocycles. The third kappa shape index (κ3) is 2.69. The van der Waals surface area contributed by atoms with Gasteiger partial charge in [0.15, 0.2) is 5.76 Å². The number of phenolic OH excluding ortho intramolecular Hbond substituents is 1. The molecule has 3 aliphatic heterocycles. The summed E-state index contributed by atoms with van der Waals surface area (Å²) in [5, 5.41) is 12.7. The van der Waals surface area contributed by atoms with Gasteiger partial charge in [-0.05, 0) is 63.0 Å². The zero-order valence-electron chi connectivity index (χ0n) is 13.7. The number of nitrogens with zero attached hydrogens (tertiary/aromatic N) is 1. The number of piperidine rings is 3. The predicted molar refractivity (Wildman–Crippen MR) is 90.8 cm³/mol. The van der Waals surface area contributed by atoms with Gasteiger partial charge in [-0.2, -0.15) is 0 Å². The number of fused-ring (bicyclic) bond motifs is 3. The SMILES string of the molecule is CC1C(NC(=O)c2ccc(-c3cccc(O)c3)o2)C2CCN1CC2. The van der Waals surface area contributed by atoms with Crippen LogP contribution in [-0.2, 0) is 0 Å². The number of nitrogens with one attached hydrogen (secondary N) is 1. The lowest BCUT2D eigenvalue weighted by Crippen LogP contribution is -2.62. The van der Waals surface area contributed by atoms with Crippen molar-refractivity contribution in [3.63, 3.8) is 0 Å². The third-order valence-electron chi connectivity index (χ3n) is 5.44. The van der Waals surface area contributed by atoms with Crippen molar-refractivity contribution in [3.05, 3.63) is 42.2 Å². The Bertz CT molecular complexity index is 745. The molecule has 1 amide bonds. The molecule has 0 saturated carbocycles. The highest BCUT2D eigenvalue weighted by molar-refractivity contribution is 5.92. The largest absolute Gasteiger partial charge is 0.508 e. The van der Waals surface area contributed by atoms with Crippen molar-refractivity contribution in [2.45, 2.75) is 31.8 Å². The number of amides is 1. The van der Waals surface area contributed by atoms with Crippen molar-refractivity contribution in [2.24, 2.45) is 5.92 Å². The number of phenols is 1. The van der Waals surface area contributed by atoms with Crippen molar-refractivity contribution in [2.75, 3.05) is 13.1 Å². The minimum atomic E-state index is -0.160. The number of hydrogen-bond acceptors (Lipinski definition) is 4. The Labute approximate surface area is 141 Å². The number of benzene rings is 1. The Morgan fingerprint density at radius 1 is 1.25 bits per heavy atom. The molecule has 3 fully saturated rings. The molecule has 2 N–H and O–H groups in total. The minimum absolute atomic E-state index is 0.160. The number of aromatic hydroxyl groups is 1. The van der Waals surface area contributed by atoms with E-state index in [0.717, 1.165) is 31.5 Å². The molecule has 2 unspecified atom stereocenters. The Morgan fingerprint density at radius 3 is 2.75 bits per heavy atom. The molecule has 2 aromatic rings. The highest BCUT2D eigenvalue weighted by Crippen LogP contribution is 2.32. The van der Waals surface area contributed by atoms with Crippen LogP contribution in [0, 0.1) is 5.92 Å². The molecule has 3 aliphatic rings. The molecule has 3 saturated heterocycles. The highest BCUT2D eigenvalue weighted by Gasteiger charge is 2.40. The lowest BCUT2D eigenvalue weighted by molar-refractivity contribution is 0.0211. The Kier molecular flexibility index (Phi) is 3.81. The number of carbonyl (C=O) groups is 1. The fraction of sp³-hybridized carbons (Fsp3) is 0.421. The van der Waals surface area contributed by atoms with Crippen LogP contribution >= 0.6 is 0 Å². The van der Waals surface area contributed by atoms with E-state index < -0.39 is 0 Å². The van der Waals surface area contributed by atoms with Crippen molar-refractivity contribution < 1.29 is 14.3 Å². The zero-order chi connectivity index (χ0) is 16.7. The van der Waals surface area contributed by atoms with Crippen LogP contribution in [0.5, 0.6) is 5.75 Å². The van der Waals surface area contributed by atoms with E-state index in [1.807, 2.05) is 6.07 Å². The smallest absolute Gasteiger partial charge is 0.287 e. The van der Waals surface area contributed by atoms with Crippen molar-refractivity contribution >= 4 is 5.91 Å². The summed E-state index contributed by atoms with van der Waals surface area (Å²) in [6.45, 7) is 4.47. The molecular weight excluding hydrogens is 304 g/mol. The Balaban J connectivity index is 1.49. The molecular formula is C19H22N2O3. The minimum Gasteiger partial charge on any atom is -0.508 e. The maximum atomic E-state index is 12.6. The fourth-order valence-corrected chi connectivity index (χ4v) is 4.04. The summed E-state index contributed by atoms with van der Waals surface area (Å²) in [5.74, 6) is 1.48. The van der Waals surface area contributed by atoms with Crippen molar-refractivity contribution in [1.82, 2.24) is 10.2 Å². The first-order chi connectivity index (χ1) is 11.6. The molecule has 2 atom stereocenters. The van der Waals surface area contributed by atoms with Gasteiger partial charge in [-0.1, -0.05) is 12.1 Å². The zero-order valence-corrected chi connectivity index (χ0v) is 13.7. The second kappa shape index (κ2) is 5.98. The van der Waals surface area contributed by atoms with Crippen LogP contribution in [0.15, 0.2) is 40.8 Å². The van der Waals surface area contributed by atoms with Crippen LogP contribution in [-0.4, -0.2) is 41.1 Å². The molecule has 2 bridgehead atoms. The van der Waals surface area contributed by atoms with Gasteiger partial charge in [-0.3, -0.25) is 9.69 Å². The average molecular weight is 326 g/mol. The van der Waals surface area contributed by atoms with Crippen LogP contribution in [0.25, 0.3) is 11.3 Å². The molecule has 0 radical (unpaired) electrons. The normalized spacial score (nSPS) is 28.7. The van der Waals surface area contributed by atoms with E-state index in [9.17, 15) is 9.90 Å². The van der Waals surface area contributed by atoms with Gasteiger partial charge in [-0.25, -0.2) is 0 Å². The first kappa shape index (κ1) is 15.3.